The summed E-state index contributed by atoms with van der Waals surface area (Å²) in [6.07, 6.45) is 8.42. The topological polar surface area (TPSA) is 59.9 Å². The molecule has 3 aromatic rings. The summed E-state index contributed by atoms with van der Waals surface area (Å²) in [5.74, 6) is 0.938. The fraction of sp³-hybridized carbons (Fsp3) is 0.316. The van der Waals surface area contributed by atoms with Crippen LogP contribution in [0, 0.1) is 0 Å². The SMILES string of the molecule is COc1ccc2c(c1)CC(NCc1csc(-c3cnccn3)n1)CC2. The van der Waals surface area contributed by atoms with E-state index in [1.165, 1.54) is 11.1 Å². The molecule has 1 aromatic carbocycles. The van der Waals surface area contributed by atoms with Crippen molar-refractivity contribution in [1.29, 1.82) is 0 Å². The van der Waals surface area contributed by atoms with E-state index in [0.29, 0.717) is 6.04 Å². The number of nitrogens with one attached hydrogen (secondary N) is 1. The van der Waals surface area contributed by atoms with Crippen molar-refractivity contribution in [3.05, 3.63) is 59.0 Å². The molecule has 4 rings (SSSR count). The Morgan fingerprint density at radius 1 is 1.28 bits per heavy atom. The van der Waals surface area contributed by atoms with Gasteiger partial charge in [0, 0.05) is 30.4 Å². The van der Waals surface area contributed by atoms with Crippen LogP contribution in [0.5, 0.6) is 5.75 Å². The number of aromatic nitrogens is 3. The highest BCUT2D eigenvalue weighted by Crippen LogP contribution is 2.26. The van der Waals surface area contributed by atoms with Gasteiger partial charge in [-0.3, -0.25) is 9.97 Å². The molecule has 2 aromatic heterocycles. The molecule has 1 unspecified atom stereocenters. The van der Waals surface area contributed by atoms with Crippen LogP contribution in [0.4, 0.5) is 0 Å². The highest BCUT2D eigenvalue weighted by Gasteiger charge is 2.19. The Morgan fingerprint density at radius 2 is 2.24 bits per heavy atom. The number of ether oxygens (including phenoxy) is 1. The summed E-state index contributed by atoms with van der Waals surface area (Å²) in [7, 11) is 1.72. The second kappa shape index (κ2) is 7.29. The quantitative estimate of drug-likeness (QED) is 0.764. The normalized spacial score (nSPS) is 16.4. The average Bonchev–Trinajstić information content (AvgIpc) is 3.15. The van der Waals surface area contributed by atoms with Crippen molar-refractivity contribution < 1.29 is 4.74 Å². The van der Waals surface area contributed by atoms with Crippen molar-refractivity contribution in [1.82, 2.24) is 20.3 Å². The Balaban J connectivity index is 1.38. The first-order valence-electron chi connectivity index (χ1n) is 8.42. The molecule has 2 heterocycles. The van der Waals surface area contributed by atoms with Crippen LogP contribution in [0.1, 0.15) is 23.2 Å². The summed E-state index contributed by atoms with van der Waals surface area (Å²) in [4.78, 5) is 13.1. The van der Waals surface area contributed by atoms with Crippen LogP contribution in [-0.2, 0) is 19.4 Å². The minimum Gasteiger partial charge on any atom is -0.497 e. The zero-order valence-corrected chi connectivity index (χ0v) is 14.9. The maximum absolute atomic E-state index is 5.35. The van der Waals surface area contributed by atoms with E-state index in [-0.39, 0.29) is 0 Å². The largest absolute Gasteiger partial charge is 0.497 e. The molecule has 1 aliphatic carbocycles. The standard InChI is InChI=1S/C19H20N4OS/c1-24-17-5-3-13-2-4-15(8-14(13)9-17)22-10-16-12-25-19(23-16)18-11-20-6-7-21-18/h3,5-7,9,11-12,15,22H,2,4,8,10H2,1H3. The maximum Gasteiger partial charge on any atom is 0.143 e. The second-order valence-corrected chi connectivity index (χ2v) is 7.05. The molecule has 0 radical (unpaired) electrons. The molecular formula is C19H20N4OS. The minimum atomic E-state index is 0.473. The number of methoxy groups -OCH3 is 1. The van der Waals surface area contributed by atoms with Crippen molar-refractivity contribution in [2.24, 2.45) is 0 Å². The Hall–Kier alpha value is -2.31. The Bertz CT molecular complexity index is 850. The molecule has 0 fully saturated rings. The monoisotopic (exact) mass is 352 g/mol. The predicted molar refractivity (Wildman–Crippen MR) is 98.8 cm³/mol. The molecule has 1 aliphatic rings. The predicted octanol–water partition coefficient (Wildman–Crippen LogP) is 3.26. The summed E-state index contributed by atoms with van der Waals surface area (Å²) in [6, 6.07) is 6.88. The number of nitrogens with zero attached hydrogens (tertiary/aromatic N) is 3. The molecule has 0 aliphatic heterocycles. The van der Waals surface area contributed by atoms with Crippen LogP contribution in [0.2, 0.25) is 0 Å². The zero-order valence-electron chi connectivity index (χ0n) is 14.1. The van der Waals surface area contributed by atoms with E-state index in [1.54, 1.807) is 37.0 Å². The number of benzene rings is 1. The molecule has 0 amide bonds. The Labute approximate surface area is 151 Å². The smallest absolute Gasteiger partial charge is 0.143 e. The molecule has 6 heteroatoms. The summed E-state index contributed by atoms with van der Waals surface area (Å²) < 4.78 is 5.35. The molecule has 25 heavy (non-hydrogen) atoms. The Kier molecular flexibility index (Phi) is 4.72. The average molecular weight is 352 g/mol. The lowest BCUT2D eigenvalue weighted by molar-refractivity contribution is 0.410. The molecular weight excluding hydrogens is 332 g/mol. The molecule has 0 bridgehead atoms. The number of hydrogen-bond donors (Lipinski definition) is 1. The highest BCUT2D eigenvalue weighted by atomic mass is 32.1. The minimum absolute atomic E-state index is 0.473. The summed E-state index contributed by atoms with van der Waals surface area (Å²) >= 11 is 1.61. The molecule has 128 valence electrons. The van der Waals surface area contributed by atoms with E-state index < -0.39 is 0 Å². The third-order valence-corrected chi connectivity index (χ3v) is 5.46. The third kappa shape index (κ3) is 3.70. The lowest BCUT2D eigenvalue weighted by atomic mass is 9.88. The van der Waals surface area contributed by atoms with Gasteiger partial charge in [0.25, 0.3) is 0 Å². The molecule has 0 saturated heterocycles. The van der Waals surface area contributed by atoms with Gasteiger partial charge in [-0.25, -0.2) is 4.98 Å². The van der Waals surface area contributed by atoms with Crippen molar-refractivity contribution in [2.75, 3.05) is 7.11 Å². The van der Waals surface area contributed by atoms with Gasteiger partial charge in [-0.1, -0.05) is 6.07 Å². The molecule has 0 saturated carbocycles. The number of fused-ring (bicyclic) bond motifs is 1. The van der Waals surface area contributed by atoms with Gasteiger partial charge in [0.05, 0.1) is 19.0 Å². The van der Waals surface area contributed by atoms with Gasteiger partial charge in [0.2, 0.25) is 0 Å². The highest BCUT2D eigenvalue weighted by molar-refractivity contribution is 7.13. The van der Waals surface area contributed by atoms with E-state index in [1.807, 2.05) is 0 Å². The van der Waals surface area contributed by atoms with Crippen molar-refractivity contribution in [3.63, 3.8) is 0 Å². The Morgan fingerprint density at radius 3 is 3.08 bits per heavy atom. The summed E-state index contributed by atoms with van der Waals surface area (Å²) in [5.41, 5.74) is 4.72. The van der Waals surface area contributed by atoms with Gasteiger partial charge in [-0.05, 0) is 42.5 Å². The molecule has 1 N–H and O–H groups in total. The lowest BCUT2D eigenvalue weighted by Gasteiger charge is -2.25. The van der Waals surface area contributed by atoms with Crippen LogP contribution >= 0.6 is 11.3 Å². The van der Waals surface area contributed by atoms with E-state index in [9.17, 15) is 0 Å². The number of hydrogen-bond acceptors (Lipinski definition) is 6. The first-order valence-corrected chi connectivity index (χ1v) is 9.30. The van der Waals surface area contributed by atoms with Crippen LogP contribution in [0.25, 0.3) is 10.7 Å². The lowest BCUT2D eigenvalue weighted by Crippen LogP contribution is -2.34. The molecule has 0 spiro atoms. The fourth-order valence-electron chi connectivity index (χ4n) is 3.20. The van der Waals surface area contributed by atoms with E-state index >= 15 is 0 Å². The van der Waals surface area contributed by atoms with Gasteiger partial charge >= 0.3 is 0 Å². The van der Waals surface area contributed by atoms with Crippen LogP contribution in [0.3, 0.4) is 0 Å². The first kappa shape index (κ1) is 16.2. The van der Waals surface area contributed by atoms with Gasteiger partial charge in [0.1, 0.15) is 16.5 Å². The second-order valence-electron chi connectivity index (χ2n) is 6.19. The number of aryl methyl sites for hydroxylation is 1. The van der Waals surface area contributed by atoms with Crippen LogP contribution in [-0.4, -0.2) is 28.1 Å². The fourth-order valence-corrected chi connectivity index (χ4v) is 3.98. The maximum atomic E-state index is 5.35. The van der Waals surface area contributed by atoms with Crippen molar-refractivity contribution >= 4 is 11.3 Å². The van der Waals surface area contributed by atoms with Gasteiger partial charge in [0.15, 0.2) is 0 Å². The van der Waals surface area contributed by atoms with E-state index in [2.05, 4.69) is 43.8 Å². The first-order chi connectivity index (χ1) is 12.3. The van der Waals surface area contributed by atoms with E-state index in [4.69, 9.17) is 4.74 Å². The van der Waals surface area contributed by atoms with Crippen LogP contribution in [0.15, 0.2) is 42.2 Å². The number of thiazole rings is 1. The molecule has 5 nitrogen and oxygen atoms in total. The van der Waals surface area contributed by atoms with Gasteiger partial charge < -0.3 is 10.1 Å². The summed E-state index contributed by atoms with van der Waals surface area (Å²) in [6.45, 7) is 0.779. The van der Waals surface area contributed by atoms with Gasteiger partial charge in [-0.2, -0.15) is 0 Å². The van der Waals surface area contributed by atoms with Crippen molar-refractivity contribution in [3.8, 4) is 16.5 Å². The summed E-state index contributed by atoms with van der Waals surface area (Å²) in [5, 5.41) is 6.66. The molecule has 1 atom stereocenters. The zero-order chi connectivity index (χ0) is 17.1. The van der Waals surface area contributed by atoms with Crippen LogP contribution < -0.4 is 10.1 Å². The van der Waals surface area contributed by atoms with Crippen molar-refractivity contribution in [2.45, 2.75) is 31.8 Å². The number of rotatable bonds is 5. The van der Waals surface area contributed by atoms with Gasteiger partial charge in [-0.15, -0.1) is 11.3 Å². The third-order valence-electron chi connectivity index (χ3n) is 4.55. The van der Waals surface area contributed by atoms with E-state index in [0.717, 1.165) is 48.0 Å².